The number of hydrogen-bond donors (Lipinski definition) is 1. The van der Waals surface area contributed by atoms with E-state index in [-0.39, 0.29) is 23.5 Å². The molecular formula is C10H11ClN4O2S. The highest BCUT2D eigenvalue weighted by atomic mass is 35.5. The Morgan fingerprint density at radius 2 is 2.28 bits per heavy atom. The van der Waals surface area contributed by atoms with Crippen molar-refractivity contribution in [2.24, 2.45) is 0 Å². The number of nitrogens with two attached hydrogens (primary N) is 1. The summed E-state index contributed by atoms with van der Waals surface area (Å²) in [6.07, 6.45) is 2.05. The van der Waals surface area contributed by atoms with E-state index in [2.05, 4.69) is 9.97 Å². The van der Waals surface area contributed by atoms with Gasteiger partial charge in [0.1, 0.15) is 5.52 Å². The summed E-state index contributed by atoms with van der Waals surface area (Å²) in [7, 11) is -2.97. The molecule has 96 valence electrons. The molecule has 0 aromatic carbocycles. The van der Waals surface area contributed by atoms with E-state index in [1.54, 1.807) is 10.6 Å². The quantitative estimate of drug-likeness (QED) is 0.845. The number of hydrogen-bond acceptors (Lipinski definition) is 5. The van der Waals surface area contributed by atoms with Crippen LogP contribution in [0, 0.1) is 0 Å². The molecule has 3 rings (SSSR count). The largest absolute Gasteiger partial charge is 0.369 e. The van der Waals surface area contributed by atoms with E-state index in [1.807, 2.05) is 0 Å². The summed E-state index contributed by atoms with van der Waals surface area (Å²) in [5, 5.41) is 0.478. The van der Waals surface area contributed by atoms with Gasteiger partial charge in [0.25, 0.3) is 0 Å². The summed E-state index contributed by atoms with van der Waals surface area (Å²) in [4.78, 5) is 8.35. The molecule has 18 heavy (non-hydrogen) atoms. The first-order valence-corrected chi connectivity index (χ1v) is 7.65. The van der Waals surface area contributed by atoms with Crippen molar-refractivity contribution in [3.05, 3.63) is 17.3 Å². The Hall–Kier alpha value is -1.34. The molecule has 6 nitrogen and oxygen atoms in total. The first kappa shape index (κ1) is 11.7. The van der Waals surface area contributed by atoms with E-state index in [0.29, 0.717) is 22.6 Å². The van der Waals surface area contributed by atoms with Gasteiger partial charge in [0, 0.05) is 6.20 Å². The summed E-state index contributed by atoms with van der Waals surface area (Å²) >= 11 is 5.84. The molecule has 8 heteroatoms. The molecule has 1 saturated heterocycles. The molecule has 1 fully saturated rings. The highest BCUT2D eigenvalue weighted by Gasteiger charge is 2.31. The number of fused-ring (bicyclic) bond motifs is 1. The van der Waals surface area contributed by atoms with Crippen molar-refractivity contribution >= 4 is 38.6 Å². The van der Waals surface area contributed by atoms with E-state index < -0.39 is 9.84 Å². The summed E-state index contributed by atoms with van der Waals surface area (Å²) < 4.78 is 24.7. The minimum Gasteiger partial charge on any atom is -0.369 e. The lowest BCUT2D eigenvalue weighted by atomic mass is 10.2. The van der Waals surface area contributed by atoms with E-state index >= 15 is 0 Å². The number of sulfone groups is 1. The molecule has 1 aliphatic heterocycles. The van der Waals surface area contributed by atoms with Crippen molar-refractivity contribution in [3.63, 3.8) is 0 Å². The fourth-order valence-corrected chi connectivity index (χ4v) is 4.17. The van der Waals surface area contributed by atoms with Crippen molar-refractivity contribution in [1.29, 1.82) is 0 Å². The maximum absolute atomic E-state index is 11.5. The zero-order valence-electron chi connectivity index (χ0n) is 9.38. The van der Waals surface area contributed by atoms with Crippen LogP contribution in [0.1, 0.15) is 12.5 Å². The number of anilines is 1. The fraction of sp³-hybridized carbons (Fsp3) is 0.400. The van der Waals surface area contributed by atoms with Gasteiger partial charge in [-0.15, -0.1) is 0 Å². The molecule has 2 aromatic heterocycles. The minimum atomic E-state index is -2.97. The second-order valence-electron chi connectivity index (χ2n) is 4.39. The molecule has 0 spiro atoms. The lowest BCUT2D eigenvalue weighted by molar-refractivity contribution is 0.572. The van der Waals surface area contributed by atoms with Gasteiger partial charge in [0.15, 0.2) is 15.5 Å². The predicted molar refractivity (Wildman–Crippen MR) is 69.3 cm³/mol. The molecule has 1 unspecified atom stereocenters. The SMILES string of the molecule is Nc1nc2cc(Cl)cnc2n1C1CCS(=O)(=O)C1. The fourth-order valence-electron chi connectivity index (χ4n) is 2.31. The Morgan fingerprint density at radius 3 is 2.94 bits per heavy atom. The third-order valence-electron chi connectivity index (χ3n) is 3.10. The Kier molecular flexibility index (Phi) is 2.49. The van der Waals surface area contributed by atoms with Gasteiger partial charge in [-0.2, -0.15) is 0 Å². The van der Waals surface area contributed by atoms with Crippen molar-refractivity contribution in [2.75, 3.05) is 17.2 Å². The zero-order valence-corrected chi connectivity index (χ0v) is 10.9. The first-order valence-electron chi connectivity index (χ1n) is 5.46. The number of halogens is 1. The highest BCUT2D eigenvalue weighted by Crippen LogP contribution is 2.30. The summed E-state index contributed by atoms with van der Waals surface area (Å²) in [6, 6.07) is 1.48. The molecule has 2 aromatic rings. The lowest BCUT2D eigenvalue weighted by Gasteiger charge is -2.11. The third-order valence-corrected chi connectivity index (χ3v) is 5.05. The Balaban J connectivity index is 2.15. The Bertz CT molecular complexity index is 725. The number of pyridine rings is 1. The molecule has 2 N–H and O–H groups in total. The van der Waals surface area contributed by atoms with Gasteiger partial charge in [-0.25, -0.2) is 18.4 Å². The van der Waals surface area contributed by atoms with Crippen LogP contribution in [0.15, 0.2) is 12.3 Å². The number of imidazole rings is 1. The molecule has 3 heterocycles. The Morgan fingerprint density at radius 1 is 1.50 bits per heavy atom. The second kappa shape index (κ2) is 3.83. The van der Waals surface area contributed by atoms with Gasteiger partial charge in [0.2, 0.25) is 5.95 Å². The van der Waals surface area contributed by atoms with Crippen LogP contribution in [0.3, 0.4) is 0 Å². The van der Waals surface area contributed by atoms with E-state index in [4.69, 9.17) is 17.3 Å². The number of rotatable bonds is 1. The third kappa shape index (κ3) is 1.83. The van der Waals surface area contributed by atoms with Gasteiger partial charge in [-0.3, -0.25) is 4.57 Å². The summed E-state index contributed by atoms with van der Waals surface area (Å²) in [5.41, 5.74) is 7.02. The van der Waals surface area contributed by atoms with Gasteiger partial charge >= 0.3 is 0 Å². The van der Waals surface area contributed by atoms with Gasteiger partial charge in [0.05, 0.1) is 22.6 Å². The predicted octanol–water partition coefficient (Wildman–Crippen LogP) is 1.03. The van der Waals surface area contributed by atoms with Crippen LogP contribution in [-0.2, 0) is 9.84 Å². The zero-order chi connectivity index (χ0) is 12.9. The van der Waals surface area contributed by atoms with Crippen molar-refractivity contribution in [2.45, 2.75) is 12.5 Å². The minimum absolute atomic E-state index is 0.0902. The number of aromatic nitrogens is 3. The smallest absolute Gasteiger partial charge is 0.202 e. The average Bonchev–Trinajstić information content (AvgIpc) is 2.77. The normalized spacial score (nSPS) is 22.6. The standard InChI is InChI=1S/C10H11ClN4O2S/c11-6-3-8-9(13-4-6)15(10(12)14-8)7-1-2-18(16,17)5-7/h3-4,7H,1-2,5H2,(H2,12,14). The van der Waals surface area contributed by atoms with Crippen LogP contribution in [0.4, 0.5) is 5.95 Å². The van der Waals surface area contributed by atoms with Crippen molar-refractivity contribution in [1.82, 2.24) is 14.5 Å². The summed E-state index contributed by atoms with van der Waals surface area (Å²) in [6.45, 7) is 0. The van der Waals surface area contributed by atoms with Gasteiger partial charge < -0.3 is 5.73 Å². The molecule has 0 bridgehead atoms. The molecule has 1 atom stereocenters. The molecule has 0 saturated carbocycles. The van der Waals surface area contributed by atoms with E-state index in [1.165, 1.54) is 6.20 Å². The monoisotopic (exact) mass is 286 g/mol. The molecule has 0 radical (unpaired) electrons. The van der Waals surface area contributed by atoms with E-state index in [0.717, 1.165) is 0 Å². The van der Waals surface area contributed by atoms with Crippen molar-refractivity contribution < 1.29 is 8.42 Å². The van der Waals surface area contributed by atoms with Gasteiger partial charge in [-0.05, 0) is 12.5 Å². The van der Waals surface area contributed by atoms with Crippen LogP contribution in [0.2, 0.25) is 5.02 Å². The number of nitrogens with zero attached hydrogens (tertiary/aromatic N) is 3. The van der Waals surface area contributed by atoms with Crippen LogP contribution >= 0.6 is 11.6 Å². The highest BCUT2D eigenvalue weighted by molar-refractivity contribution is 7.91. The number of nitrogen functional groups attached to an aromatic ring is 1. The summed E-state index contributed by atoms with van der Waals surface area (Å²) in [5.74, 6) is 0.555. The lowest BCUT2D eigenvalue weighted by Crippen LogP contribution is -2.13. The first-order chi connectivity index (χ1) is 8.46. The second-order valence-corrected chi connectivity index (χ2v) is 7.06. The van der Waals surface area contributed by atoms with Crippen LogP contribution in [0.5, 0.6) is 0 Å². The molecule has 0 aliphatic carbocycles. The van der Waals surface area contributed by atoms with Crippen LogP contribution < -0.4 is 5.73 Å². The average molecular weight is 287 g/mol. The van der Waals surface area contributed by atoms with Crippen LogP contribution in [-0.4, -0.2) is 34.5 Å². The molecule has 1 aliphatic rings. The maximum atomic E-state index is 11.5. The van der Waals surface area contributed by atoms with Gasteiger partial charge in [-0.1, -0.05) is 11.6 Å². The maximum Gasteiger partial charge on any atom is 0.202 e. The molecule has 0 amide bonds. The molecular weight excluding hydrogens is 276 g/mol. The topological polar surface area (TPSA) is 90.9 Å². The van der Waals surface area contributed by atoms with Crippen molar-refractivity contribution in [3.8, 4) is 0 Å². The van der Waals surface area contributed by atoms with Crippen LogP contribution in [0.25, 0.3) is 11.2 Å². The van der Waals surface area contributed by atoms with E-state index in [9.17, 15) is 8.42 Å². The Labute approximate surface area is 109 Å².